The van der Waals surface area contributed by atoms with Crippen molar-refractivity contribution in [2.24, 2.45) is 5.92 Å². The minimum absolute atomic E-state index is 0.457. The van der Waals surface area contributed by atoms with Crippen LogP contribution in [-0.4, -0.2) is 19.8 Å². The second-order valence-electron chi connectivity index (χ2n) is 4.71. The molecule has 0 saturated carbocycles. The number of nitrogens with one attached hydrogen (secondary N) is 1. The van der Waals surface area contributed by atoms with Gasteiger partial charge in [-0.3, -0.25) is 0 Å². The lowest BCUT2D eigenvalue weighted by atomic mass is 9.88. The highest BCUT2D eigenvalue weighted by Gasteiger charge is 2.27. The molecule has 1 heterocycles. The summed E-state index contributed by atoms with van der Waals surface area (Å²) in [5, 5.41) is 3.64. The van der Waals surface area contributed by atoms with Gasteiger partial charge in [-0.15, -0.1) is 0 Å². The van der Waals surface area contributed by atoms with E-state index in [9.17, 15) is 0 Å². The van der Waals surface area contributed by atoms with Gasteiger partial charge in [0.2, 0.25) is 0 Å². The molecule has 2 heteroatoms. The summed E-state index contributed by atoms with van der Waals surface area (Å²) in [5.41, 5.74) is 2.93. The fraction of sp³-hybridized carbons (Fsp3) is 0.600. The van der Waals surface area contributed by atoms with Crippen molar-refractivity contribution in [3.8, 4) is 0 Å². The van der Waals surface area contributed by atoms with Gasteiger partial charge in [0.25, 0.3) is 0 Å². The maximum atomic E-state index is 5.54. The molecule has 1 aliphatic rings. The first-order valence-corrected chi connectivity index (χ1v) is 6.75. The van der Waals surface area contributed by atoms with Gasteiger partial charge in [0.05, 0.1) is 6.61 Å². The van der Waals surface area contributed by atoms with E-state index in [1.807, 2.05) is 0 Å². The predicted octanol–water partition coefficient (Wildman–Crippen LogP) is 2.94. The molecule has 2 unspecified atom stereocenters. The maximum Gasteiger partial charge on any atom is 0.0513 e. The van der Waals surface area contributed by atoms with Crippen LogP contribution < -0.4 is 5.32 Å². The third-order valence-corrected chi connectivity index (χ3v) is 3.63. The van der Waals surface area contributed by atoms with Crippen LogP contribution in [0.1, 0.15) is 37.4 Å². The van der Waals surface area contributed by atoms with E-state index in [4.69, 9.17) is 4.74 Å². The molecule has 1 aliphatic heterocycles. The number of aryl methyl sites for hydroxylation is 1. The third-order valence-electron chi connectivity index (χ3n) is 3.63. The Labute approximate surface area is 104 Å². The third kappa shape index (κ3) is 2.88. The van der Waals surface area contributed by atoms with Gasteiger partial charge in [-0.1, -0.05) is 38.1 Å². The summed E-state index contributed by atoms with van der Waals surface area (Å²) in [6.07, 6.45) is 2.28. The molecule has 1 fully saturated rings. The van der Waals surface area contributed by atoms with Crippen LogP contribution in [0.25, 0.3) is 0 Å². The van der Waals surface area contributed by atoms with E-state index in [0.29, 0.717) is 12.0 Å². The number of rotatable bonds is 5. The molecule has 0 amide bonds. The van der Waals surface area contributed by atoms with Gasteiger partial charge in [0.15, 0.2) is 0 Å². The van der Waals surface area contributed by atoms with E-state index >= 15 is 0 Å². The van der Waals surface area contributed by atoms with Crippen molar-refractivity contribution in [2.45, 2.75) is 32.7 Å². The summed E-state index contributed by atoms with van der Waals surface area (Å²) in [4.78, 5) is 0. The minimum Gasteiger partial charge on any atom is -0.381 e. The average Bonchev–Trinajstić information content (AvgIpc) is 2.89. The molecule has 1 saturated heterocycles. The van der Waals surface area contributed by atoms with Gasteiger partial charge in [0, 0.05) is 18.6 Å². The SMILES string of the molecule is CCNC(c1ccccc1CC)C1CCOC1. The Morgan fingerprint density at radius 2 is 2.18 bits per heavy atom. The Kier molecular flexibility index (Phi) is 4.57. The topological polar surface area (TPSA) is 21.3 Å². The van der Waals surface area contributed by atoms with Gasteiger partial charge < -0.3 is 10.1 Å². The fourth-order valence-electron chi connectivity index (χ4n) is 2.73. The van der Waals surface area contributed by atoms with Gasteiger partial charge >= 0.3 is 0 Å². The summed E-state index contributed by atoms with van der Waals surface area (Å²) < 4.78 is 5.54. The summed E-state index contributed by atoms with van der Waals surface area (Å²) in [7, 11) is 0. The van der Waals surface area contributed by atoms with Crippen molar-refractivity contribution in [1.29, 1.82) is 0 Å². The summed E-state index contributed by atoms with van der Waals surface area (Å²) in [5.74, 6) is 0.627. The zero-order valence-corrected chi connectivity index (χ0v) is 10.9. The highest BCUT2D eigenvalue weighted by molar-refractivity contribution is 5.30. The van der Waals surface area contributed by atoms with E-state index in [1.165, 1.54) is 17.5 Å². The van der Waals surface area contributed by atoms with Crippen LogP contribution in [0.2, 0.25) is 0 Å². The monoisotopic (exact) mass is 233 g/mol. The fourth-order valence-corrected chi connectivity index (χ4v) is 2.73. The number of benzene rings is 1. The quantitative estimate of drug-likeness (QED) is 0.844. The van der Waals surface area contributed by atoms with Crippen LogP contribution >= 0.6 is 0 Å². The molecule has 1 aromatic carbocycles. The summed E-state index contributed by atoms with van der Waals surface area (Å²) in [6, 6.07) is 9.25. The predicted molar refractivity (Wildman–Crippen MR) is 71.2 cm³/mol. The smallest absolute Gasteiger partial charge is 0.0513 e. The first-order chi connectivity index (χ1) is 8.36. The lowest BCUT2D eigenvalue weighted by Gasteiger charge is -2.26. The Bertz CT molecular complexity index is 345. The highest BCUT2D eigenvalue weighted by Crippen LogP contribution is 2.30. The normalized spacial score (nSPS) is 21.6. The summed E-state index contributed by atoms with van der Waals surface area (Å²) >= 11 is 0. The van der Waals surface area contributed by atoms with Gasteiger partial charge in [-0.2, -0.15) is 0 Å². The molecule has 2 nitrogen and oxygen atoms in total. The molecule has 0 aliphatic carbocycles. The molecule has 0 bridgehead atoms. The first-order valence-electron chi connectivity index (χ1n) is 6.75. The largest absolute Gasteiger partial charge is 0.381 e. The highest BCUT2D eigenvalue weighted by atomic mass is 16.5. The van der Waals surface area contributed by atoms with E-state index in [0.717, 1.165) is 26.2 Å². The molecule has 94 valence electrons. The molecular formula is C15H23NO. The van der Waals surface area contributed by atoms with E-state index < -0.39 is 0 Å². The Balaban J connectivity index is 2.24. The van der Waals surface area contributed by atoms with Gasteiger partial charge in [-0.05, 0) is 30.5 Å². The van der Waals surface area contributed by atoms with Gasteiger partial charge in [0.1, 0.15) is 0 Å². The van der Waals surface area contributed by atoms with Crippen molar-refractivity contribution < 1.29 is 4.74 Å². The van der Waals surface area contributed by atoms with Crippen LogP contribution in [0.15, 0.2) is 24.3 Å². The van der Waals surface area contributed by atoms with Crippen LogP contribution in [0.5, 0.6) is 0 Å². The summed E-state index contributed by atoms with van der Waals surface area (Å²) in [6.45, 7) is 7.24. The average molecular weight is 233 g/mol. The van der Waals surface area contributed by atoms with Crippen molar-refractivity contribution in [1.82, 2.24) is 5.32 Å². The molecule has 2 atom stereocenters. The molecule has 2 rings (SSSR count). The molecule has 1 N–H and O–H groups in total. The molecule has 1 aromatic rings. The molecule has 0 radical (unpaired) electrons. The van der Waals surface area contributed by atoms with E-state index in [1.54, 1.807) is 0 Å². The minimum atomic E-state index is 0.457. The second-order valence-corrected chi connectivity index (χ2v) is 4.71. The van der Waals surface area contributed by atoms with Crippen molar-refractivity contribution >= 4 is 0 Å². The zero-order chi connectivity index (χ0) is 12.1. The Morgan fingerprint density at radius 1 is 1.35 bits per heavy atom. The lowest BCUT2D eigenvalue weighted by Crippen LogP contribution is -2.29. The van der Waals surface area contributed by atoms with Crippen LogP contribution in [0.4, 0.5) is 0 Å². The van der Waals surface area contributed by atoms with E-state index in [-0.39, 0.29) is 0 Å². The maximum absolute atomic E-state index is 5.54. The van der Waals surface area contributed by atoms with E-state index in [2.05, 4.69) is 43.4 Å². The van der Waals surface area contributed by atoms with Crippen molar-refractivity contribution in [2.75, 3.05) is 19.8 Å². The van der Waals surface area contributed by atoms with Gasteiger partial charge in [-0.25, -0.2) is 0 Å². The van der Waals surface area contributed by atoms with Crippen LogP contribution in [-0.2, 0) is 11.2 Å². The van der Waals surface area contributed by atoms with Crippen LogP contribution in [0.3, 0.4) is 0 Å². The zero-order valence-electron chi connectivity index (χ0n) is 10.9. The molecule has 17 heavy (non-hydrogen) atoms. The molecular weight excluding hydrogens is 210 g/mol. The Hall–Kier alpha value is -0.860. The van der Waals surface area contributed by atoms with Crippen molar-refractivity contribution in [3.05, 3.63) is 35.4 Å². The Morgan fingerprint density at radius 3 is 2.82 bits per heavy atom. The number of hydrogen-bond donors (Lipinski definition) is 1. The van der Waals surface area contributed by atoms with Crippen molar-refractivity contribution in [3.63, 3.8) is 0 Å². The van der Waals surface area contributed by atoms with Crippen LogP contribution in [0, 0.1) is 5.92 Å². The molecule has 0 spiro atoms. The second kappa shape index (κ2) is 6.18. The lowest BCUT2D eigenvalue weighted by molar-refractivity contribution is 0.177. The first kappa shape index (κ1) is 12.6. The molecule has 0 aromatic heterocycles. The standard InChI is InChI=1S/C15H23NO/c1-3-12-7-5-6-8-14(12)15(16-4-2)13-9-10-17-11-13/h5-8,13,15-16H,3-4,9-11H2,1-2H3. The number of ether oxygens (including phenoxy) is 1. The number of hydrogen-bond acceptors (Lipinski definition) is 2.